The lowest BCUT2D eigenvalue weighted by Crippen LogP contribution is -2.18. The Balaban J connectivity index is 2.16. The molecule has 0 aliphatic carbocycles. The summed E-state index contributed by atoms with van der Waals surface area (Å²) in [5, 5.41) is 10.5. The van der Waals surface area contributed by atoms with Gasteiger partial charge in [-0.2, -0.15) is 4.98 Å². The van der Waals surface area contributed by atoms with E-state index in [4.69, 9.17) is 0 Å². The molecule has 15 heavy (non-hydrogen) atoms. The van der Waals surface area contributed by atoms with E-state index in [1.165, 1.54) is 5.56 Å². The van der Waals surface area contributed by atoms with Gasteiger partial charge in [0.05, 0.1) is 0 Å². The number of nitrogens with zero attached hydrogens (tertiary/aromatic N) is 3. The van der Waals surface area contributed by atoms with Crippen LogP contribution < -0.4 is 10.6 Å². The molecule has 2 N–H and O–H groups in total. The van der Waals surface area contributed by atoms with Gasteiger partial charge in [-0.15, -0.1) is 5.10 Å². The molecule has 2 heterocycles. The lowest BCUT2D eigenvalue weighted by Gasteiger charge is -1.98. The summed E-state index contributed by atoms with van der Waals surface area (Å²) in [6.07, 6.45) is 1.96. The van der Waals surface area contributed by atoms with Gasteiger partial charge in [-0.3, -0.25) is 0 Å². The van der Waals surface area contributed by atoms with Crippen LogP contribution in [0.15, 0.2) is 18.3 Å². The van der Waals surface area contributed by atoms with Crippen molar-refractivity contribution in [2.75, 3.05) is 25.5 Å². The number of nitrogens with one attached hydrogen (secondary N) is 2. The van der Waals surface area contributed by atoms with Gasteiger partial charge in [0.25, 0.3) is 0 Å². The quantitative estimate of drug-likeness (QED) is 0.720. The third-order valence-electron chi connectivity index (χ3n) is 2.14. The summed E-state index contributed by atoms with van der Waals surface area (Å²) in [6.45, 7) is 3.76. The van der Waals surface area contributed by atoms with E-state index in [-0.39, 0.29) is 0 Å². The number of aromatic nitrogens is 3. The maximum absolute atomic E-state index is 4.34. The Morgan fingerprint density at radius 3 is 3.00 bits per heavy atom. The van der Waals surface area contributed by atoms with Crippen molar-refractivity contribution in [3.05, 3.63) is 23.9 Å². The molecule has 2 rings (SSSR count). The van der Waals surface area contributed by atoms with Crippen LogP contribution >= 0.6 is 0 Å². The zero-order chi connectivity index (χ0) is 10.7. The summed E-state index contributed by atoms with van der Waals surface area (Å²) in [6, 6.07) is 3.99. The summed E-state index contributed by atoms with van der Waals surface area (Å²) in [5.74, 6) is 0.677. The Bertz CT molecular complexity index is 448. The van der Waals surface area contributed by atoms with Gasteiger partial charge in [0.2, 0.25) is 5.95 Å². The van der Waals surface area contributed by atoms with Crippen LogP contribution in [0.1, 0.15) is 5.56 Å². The highest BCUT2D eigenvalue weighted by atomic mass is 15.3. The van der Waals surface area contributed by atoms with Crippen LogP contribution in [-0.2, 0) is 0 Å². The Morgan fingerprint density at radius 1 is 1.33 bits per heavy atom. The van der Waals surface area contributed by atoms with Gasteiger partial charge < -0.3 is 10.6 Å². The second-order valence-electron chi connectivity index (χ2n) is 3.47. The molecule has 5 heteroatoms. The zero-order valence-electron chi connectivity index (χ0n) is 8.99. The molecule has 0 saturated heterocycles. The highest BCUT2D eigenvalue weighted by Gasteiger charge is 2.01. The standard InChI is InChI=1S/C10H15N5/c1-8-3-4-9-13-10(12-6-5-11-2)14-15(9)7-8/h3-4,7,11H,5-6H2,1-2H3,(H,12,14). The SMILES string of the molecule is CNCCNc1nc2ccc(C)cn2n1. The van der Waals surface area contributed by atoms with Crippen LogP contribution in [-0.4, -0.2) is 34.7 Å². The van der Waals surface area contributed by atoms with Gasteiger partial charge in [0.15, 0.2) is 5.65 Å². The number of fused-ring (bicyclic) bond motifs is 1. The van der Waals surface area contributed by atoms with Crippen molar-refractivity contribution in [1.29, 1.82) is 0 Å². The van der Waals surface area contributed by atoms with Gasteiger partial charge in [-0.1, -0.05) is 6.07 Å². The fourth-order valence-corrected chi connectivity index (χ4v) is 1.36. The molecule has 0 saturated carbocycles. The number of pyridine rings is 1. The Morgan fingerprint density at radius 2 is 2.20 bits per heavy atom. The molecule has 0 spiro atoms. The summed E-state index contributed by atoms with van der Waals surface area (Å²) in [5.41, 5.74) is 2.04. The predicted octanol–water partition coefficient (Wildman–Crippen LogP) is 0.669. The third kappa shape index (κ3) is 2.24. The molecule has 2 aromatic rings. The number of aryl methyl sites for hydroxylation is 1. The fraction of sp³-hybridized carbons (Fsp3) is 0.400. The van der Waals surface area contributed by atoms with E-state index in [1.54, 1.807) is 4.52 Å². The Hall–Kier alpha value is -1.62. The molecule has 0 aromatic carbocycles. The molecular weight excluding hydrogens is 190 g/mol. The highest BCUT2D eigenvalue weighted by molar-refractivity contribution is 5.43. The lowest BCUT2D eigenvalue weighted by molar-refractivity contribution is 0.816. The van der Waals surface area contributed by atoms with Gasteiger partial charge in [-0.25, -0.2) is 4.52 Å². The molecule has 0 bridgehead atoms. The molecule has 80 valence electrons. The first-order valence-corrected chi connectivity index (χ1v) is 5.01. The van der Waals surface area contributed by atoms with Crippen LogP contribution in [0.4, 0.5) is 5.95 Å². The van der Waals surface area contributed by atoms with Gasteiger partial charge in [-0.05, 0) is 25.6 Å². The van der Waals surface area contributed by atoms with E-state index >= 15 is 0 Å². The van der Waals surface area contributed by atoms with Crippen molar-refractivity contribution in [1.82, 2.24) is 19.9 Å². The van der Waals surface area contributed by atoms with E-state index in [0.717, 1.165) is 18.7 Å². The summed E-state index contributed by atoms with van der Waals surface area (Å²) >= 11 is 0. The van der Waals surface area contributed by atoms with Crippen molar-refractivity contribution >= 4 is 11.6 Å². The monoisotopic (exact) mass is 205 g/mol. The van der Waals surface area contributed by atoms with Crippen molar-refractivity contribution in [2.45, 2.75) is 6.92 Å². The van der Waals surface area contributed by atoms with E-state index in [9.17, 15) is 0 Å². The summed E-state index contributed by atoms with van der Waals surface area (Å²) in [4.78, 5) is 4.34. The smallest absolute Gasteiger partial charge is 0.243 e. The van der Waals surface area contributed by atoms with Crippen molar-refractivity contribution in [3.8, 4) is 0 Å². The average Bonchev–Trinajstić information content (AvgIpc) is 2.60. The van der Waals surface area contributed by atoms with E-state index in [1.807, 2.05) is 32.3 Å². The molecule has 0 aliphatic heterocycles. The number of rotatable bonds is 4. The van der Waals surface area contributed by atoms with Crippen LogP contribution in [0, 0.1) is 6.92 Å². The maximum Gasteiger partial charge on any atom is 0.243 e. The predicted molar refractivity (Wildman–Crippen MR) is 60.1 cm³/mol. The number of likely N-dealkylation sites (N-methyl/N-ethyl adjacent to an activating group) is 1. The van der Waals surface area contributed by atoms with Crippen LogP contribution in [0.3, 0.4) is 0 Å². The minimum atomic E-state index is 0.677. The zero-order valence-corrected chi connectivity index (χ0v) is 8.99. The minimum Gasteiger partial charge on any atom is -0.352 e. The van der Waals surface area contributed by atoms with Crippen molar-refractivity contribution < 1.29 is 0 Å². The lowest BCUT2D eigenvalue weighted by atomic mass is 10.3. The van der Waals surface area contributed by atoms with Crippen molar-refractivity contribution in [3.63, 3.8) is 0 Å². The number of hydrogen-bond acceptors (Lipinski definition) is 4. The molecule has 2 aromatic heterocycles. The maximum atomic E-state index is 4.34. The average molecular weight is 205 g/mol. The van der Waals surface area contributed by atoms with Crippen molar-refractivity contribution in [2.24, 2.45) is 0 Å². The third-order valence-corrected chi connectivity index (χ3v) is 2.14. The summed E-state index contributed by atoms with van der Waals surface area (Å²) in [7, 11) is 1.92. The normalized spacial score (nSPS) is 10.8. The molecule has 0 fully saturated rings. The first-order chi connectivity index (χ1) is 7.29. The number of hydrogen-bond donors (Lipinski definition) is 2. The summed E-state index contributed by atoms with van der Waals surface area (Å²) < 4.78 is 1.79. The molecule has 0 unspecified atom stereocenters. The number of anilines is 1. The molecule has 0 aliphatic rings. The van der Waals surface area contributed by atoms with Crippen LogP contribution in [0.2, 0.25) is 0 Å². The second-order valence-corrected chi connectivity index (χ2v) is 3.47. The Kier molecular flexibility index (Phi) is 2.82. The van der Waals surface area contributed by atoms with E-state index < -0.39 is 0 Å². The molecule has 0 amide bonds. The van der Waals surface area contributed by atoms with Gasteiger partial charge in [0, 0.05) is 19.3 Å². The Labute approximate surface area is 88.5 Å². The highest BCUT2D eigenvalue weighted by Crippen LogP contribution is 2.06. The molecule has 0 radical (unpaired) electrons. The molecule has 5 nitrogen and oxygen atoms in total. The minimum absolute atomic E-state index is 0.677. The van der Waals surface area contributed by atoms with Crippen LogP contribution in [0.25, 0.3) is 5.65 Å². The second kappa shape index (κ2) is 4.27. The van der Waals surface area contributed by atoms with Gasteiger partial charge in [0.1, 0.15) is 0 Å². The van der Waals surface area contributed by atoms with E-state index in [2.05, 4.69) is 20.7 Å². The van der Waals surface area contributed by atoms with Gasteiger partial charge >= 0.3 is 0 Å². The van der Waals surface area contributed by atoms with Crippen LogP contribution in [0.5, 0.6) is 0 Å². The van der Waals surface area contributed by atoms with E-state index in [0.29, 0.717) is 5.95 Å². The first-order valence-electron chi connectivity index (χ1n) is 5.01. The fourth-order valence-electron chi connectivity index (χ4n) is 1.36. The topological polar surface area (TPSA) is 54.2 Å². The first kappa shape index (κ1) is 9.92. The largest absolute Gasteiger partial charge is 0.352 e. The molecular formula is C10H15N5. The molecule has 0 atom stereocenters.